The fraction of sp³-hybridized carbons (Fsp3) is 0.0667. The van der Waals surface area contributed by atoms with Gasteiger partial charge >= 0.3 is 0 Å². The fourth-order valence-electron chi connectivity index (χ4n) is 1.34. The SMILES string of the molecule is CO.Oc1ccc(C=Cc2ccccc2)cc1. The van der Waals surface area contributed by atoms with Crippen LogP contribution < -0.4 is 0 Å². The molecule has 0 aliphatic heterocycles. The number of aromatic hydroxyl groups is 1. The number of benzene rings is 2. The van der Waals surface area contributed by atoms with Crippen molar-refractivity contribution in [2.24, 2.45) is 0 Å². The Balaban J connectivity index is 0.000000686. The van der Waals surface area contributed by atoms with Crippen molar-refractivity contribution in [1.29, 1.82) is 0 Å². The minimum Gasteiger partial charge on any atom is -0.508 e. The summed E-state index contributed by atoms with van der Waals surface area (Å²) in [5, 5.41) is 16.1. The van der Waals surface area contributed by atoms with Gasteiger partial charge in [-0.3, -0.25) is 0 Å². The number of rotatable bonds is 2. The lowest BCUT2D eigenvalue weighted by Gasteiger charge is -1.94. The summed E-state index contributed by atoms with van der Waals surface area (Å²) < 4.78 is 0. The van der Waals surface area contributed by atoms with Gasteiger partial charge in [-0.1, -0.05) is 54.6 Å². The van der Waals surface area contributed by atoms with E-state index < -0.39 is 0 Å². The molecule has 2 nitrogen and oxygen atoms in total. The lowest BCUT2D eigenvalue weighted by atomic mass is 10.1. The molecule has 2 heteroatoms. The van der Waals surface area contributed by atoms with E-state index in [-0.39, 0.29) is 0 Å². The highest BCUT2D eigenvalue weighted by molar-refractivity contribution is 5.69. The summed E-state index contributed by atoms with van der Waals surface area (Å²) in [6.07, 6.45) is 4.07. The van der Waals surface area contributed by atoms with Crippen molar-refractivity contribution in [3.63, 3.8) is 0 Å². The average Bonchev–Trinajstić information content (AvgIpc) is 2.42. The van der Waals surface area contributed by atoms with Gasteiger partial charge in [0.15, 0.2) is 0 Å². The topological polar surface area (TPSA) is 40.5 Å². The molecule has 0 saturated heterocycles. The third kappa shape index (κ3) is 4.53. The van der Waals surface area contributed by atoms with Crippen molar-refractivity contribution in [3.8, 4) is 5.75 Å². The van der Waals surface area contributed by atoms with Gasteiger partial charge in [-0.05, 0) is 23.3 Å². The van der Waals surface area contributed by atoms with Gasteiger partial charge in [-0.15, -0.1) is 0 Å². The highest BCUT2D eigenvalue weighted by Crippen LogP contribution is 2.12. The minimum absolute atomic E-state index is 0.298. The zero-order valence-electron chi connectivity index (χ0n) is 9.75. The molecule has 2 N–H and O–H groups in total. The standard InChI is InChI=1S/C14H12O.CH4O/c15-14-10-8-13(9-11-14)7-6-12-4-2-1-3-5-12;1-2/h1-11,15H;2H,1H3. The van der Waals surface area contributed by atoms with Gasteiger partial charge in [0.2, 0.25) is 0 Å². The molecular weight excluding hydrogens is 212 g/mol. The van der Waals surface area contributed by atoms with Gasteiger partial charge in [0, 0.05) is 7.11 Å². The zero-order chi connectivity index (χ0) is 12.5. The molecule has 0 aliphatic carbocycles. The van der Waals surface area contributed by atoms with E-state index in [1.807, 2.05) is 42.5 Å². The summed E-state index contributed by atoms with van der Waals surface area (Å²) in [6, 6.07) is 17.3. The Labute approximate surface area is 101 Å². The summed E-state index contributed by atoms with van der Waals surface area (Å²) in [5.74, 6) is 0.298. The molecule has 0 amide bonds. The molecule has 0 aliphatic rings. The number of aliphatic hydroxyl groups excluding tert-OH is 1. The maximum Gasteiger partial charge on any atom is 0.115 e. The van der Waals surface area contributed by atoms with E-state index in [1.165, 1.54) is 5.56 Å². The number of aliphatic hydroxyl groups is 1. The summed E-state index contributed by atoms with van der Waals surface area (Å²) in [7, 11) is 1.00. The monoisotopic (exact) mass is 228 g/mol. The highest BCUT2D eigenvalue weighted by Gasteiger charge is 1.88. The minimum atomic E-state index is 0.298. The van der Waals surface area contributed by atoms with Crippen molar-refractivity contribution >= 4 is 12.2 Å². The predicted octanol–water partition coefficient (Wildman–Crippen LogP) is 3.17. The Morgan fingerprint density at radius 1 is 0.706 bits per heavy atom. The maximum absolute atomic E-state index is 9.12. The molecule has 88 valence electrons. The van der Waals surface area contributed by atoms with Crippen molar-refractivity contribution in [2.75, 3.05) is 7.11 Å². The molecular formula is C15H16O2. The van der Waals surface area contributed by atoms with Crippen LogP contribution in [0.2, 0.25) is 0 Å². The van der Waals surface area contributed by atoms with Gasteiger partial charge in [-0.2, -0.15) is 0 Å². The molecule has 0 aromatic heterocycles. The van der Waals surface area contributed by atoms with Crippen LogP contribution in [0.3, 0.4) is 0 Å². The first kappa shape index (κ1) is 13.0. The Kier molecular flexibility index (Phi) is 5.55. The molecule has 0 saturated carbocycles. The van der Waals surface area contributed by atoms with Crippen molar-refractivity contribution in [1.82, 2.24) is 0 Å². The number of hydrogen-bond acceptors (Lipinski definition) is 2. The maximum atomic E-state index is 9.12. The molecule has 0 atom stereocenters. The lowest BCUT2D eigenvalue weighted by Crippen LogP contribution is -1.71. The van der Waals surface area contributed by atoms with Crippen LogP contribution in [0.5, 0.6) is 5.75 Å². The lowest BCUT2D eigenvalue weighted by molar-refractivity contribution is 0.399. The van der Waals surface area contributed by atoms with E-state index in [1.54, 1.807) is 12.1 Å². The van der Waals surface area contributed by atoms with E-state index in [0.717, 1.165) is 12.7 Å². The third-order valence-corrected chi connectivity index (χ3v) is 2.16. The van der Waals surface area contributed by atoms with Crippen molar-refractivity contribution in [3.05, 3.63) is 65.7 Å². The first-order valence-corrected chi connectivity index (χ1v) is 5.31. The summed E-state index contributed by atoms with van der Waals surface area (Å²) in [4.78, 5) is 0. The smallest absolute Gasteiger partial charge is 0.115 e. The molecule has 0 bridgehead atoms. The third-order valence-electron chi connectivity index (χ3n) is 2.16. The number of hydrogen-bond donors (Lipinski definition) is 2. The first-order chi connectivity index (χ1) is 8.34. The van der Waals surface area contributed by atoms with Crippen LogP contribution in [-0.2, 0) is 0 Å². The Hall–Kier alpha value is -2.06. The van der Waals surface area contributed by atoms with Gasteiger partial charge in [-0.25, -0.2) is 0 Å². The van der Waals surface area contributed by atoms with E-state index in [0.29, 0.717) is 5.75 Å². The Bertz CT molecular complexity index is 444. The average molecular weight is 228 g/mol. The molecule has 0 spiro atoms. The predicted molar refractivity (Wildman–Crippen MR) is 71.6 cm³/mol. The second kappa shape index (κ2) is 7.25. The second-order valence-electron chi connectivity index (χ2n) is 3.34. The molecule has 2 aromatic rings. The summed E-state index contributed by atoms with van der Waals surface area (Å²) >= 11 is 0. The van der Waals surface area contributed by atoms with Gasteiger partial charge in [0.05, 0.1) is 0 Å². The van der Waals surface area contributed by atoms with Crippen molar-refractivity contribution < 1.29 is 10.2 Å². The summed E-state index contributed by atoms with van der Waals surface area (Å²) in [6.45, 7) is 0. The summed E-state index contributed by atoms with van der Waals surface area (Å²) in [5.41, 5.74) is 2.25. The zero-order valence-corrected chi connectivity index (χ0v) is 9.75. The van der Waals surface area contributed by atoms with E-state index >= 15 is 0 Å². The van der Waals surface area contributed by atoms with Gasteiger partial charge in [0.25, 0.3) is 0 Å². The first-order valence-electron chi connectivity index (χ1n) is 5.31. The fourth-order valence-corrected chi connectivity index (χ4v) is 1.34. The quantitative estimate of drug-likeness (QED) is 0.775. The van der Waals surface area contributed by atoms with Crippen molar-refractivity contribution in [2.45, 2.75) is 0 Å². The van der Waals surface area contributed by atoms with Gasteiger partial charge < -0.3 is 10.2 Å². The highest BCUT2D eigenvalue weighted by atomic mass is 16.3. The molecule has 0 fully saturated rings. The van der Waals surface area contributed by atoms with E-state index in [4.69, 9.17) is 10.2 Å². The molecule has 0 radical (unpaired) electrons. The van der Waals surface area contributed by atoms with Crippen LogP contribution in [-0.4, -0.2) is 17.3 Å². The van der Waals surface area contributed by atoms with E-state index in [2.05, 4.69) is 12.1 Å². The Morgan fingerprint density at radius 2 is 1.18 bits per heavy atom. The van der Waals surface area contributed by atoms with Crippen LogP contribution in [0.25, 0.3) is 12.2 Å². The van der Waals surface area contributed by atoms with Crippen LogP contribution in [0.4, 0.5) is 0 Å². The number of phenolic OH excluding ortho intramolecular Hbond substituents is 1. The van der Waals surface area contributed by atoms with Crippen LogP contribution in [0.15, 0.2) is 54.6 Å². The molecule has 2 rings (SSSR count). The Morgan fingerprint density at radius 3 is 1.71 bits per heavy atom. The van der Waals surface area contributed by atoms with Gasteiger partial charge in [0.1, 0.15) is 5.75 Å². The van der Waals surface area contributed by atoms with Crippen LogP contribution in [0.1, 0.15) is 11.1 Å². The van der Waals surface area contributed by atoms with Crippen LogP contribution >= 0.6 is 0 Å². The number of phenols is 1. The largest absolute Gasteiger partial charge is 0.508 e. The molecule has 17 heavy (non-hydrogen) atoms. The molecule has 0 heterocycles. The second-order valence-corrected chi connectivity index (χ2v) is 3.34. The van der Waals surface area contributed by atoms with E-state index in [9.17, 15) is 0 Å². The molecule has 2 aromatic carbocycles. The molecule has 0 unspecified atom stereocenters. The normalized spacial score (nSPS) is 9.76. The van der Waals surface area contributed by atoms with Crippen LogP contribution in [0, 0.1) is 0 Å².